The molecular weight excluding hydrogens is 187 g/mol. The van der Waals surface area contributed by atoms with Gasteiger partial charge in [-0.2, -0.15) is 13.2 Å². The maximum Gasteiger partial charge on any atom is 0.414 e. The molecule has 0 aliphatic carbocycles. The number of likely N-dealkylation sites (N-methyl/N-ethyl adjacent to an activating group) is 1. The van der Waals surface area contributed by atoms with Gasteiger partial charge in [0.05, 0.1) is 12.7 Å². The van der Waals surface area contributed by atoms with E-state index in [2.05, 4.69) is 10.1 Å². The highest BCUT2D eigenvalue weighted by molar-refractivity contribution is 4.63. The Hall–Kier alpha value is -0.330. The molecule has 0 aromatic heterocycles. The van der Waals surface area contributed by atoms with Crippen molar-refractivity contribution < 1.29 is 23.0 Å². The van der Waals surface area contributed by atoms with E-state index in [0.29, 0.717) is 0 Å². The molecule has 3 nitrogen and oxygen atoms in total. The fourth-order valence-corrected chi connectivity index (χ4v) is 0.644. The summed E-state index contributed by atoms with van der Waals surface area (Å²) in [6.45, 7) is 0.804. The van der Waals surface area contributed by atoms with Crippen molar-refractivity contribution in [3.63, 3.8) is 0 Å². The van der Waals surface area contributed by atoms with E-state index in [1.165, 1.54) is 0 Å². The van der Waals surface area contributed by atoms with Gasteiger partial charge in [-0.1, -0.05) is 0 Å². The second-order valence-electron chi connectivity index (χ2n) is 2.73. The van der Waals surface area contributed by atoms with Gasteiger partial charge < -0.3 is 15.2 Å². The summed E-state index contributed by atoms with van der Waals surface area (Å²) in [5.41, 5.74) is 0. The molecule has 0 aromatic rings. The van der Waals surface area contributed by atoms with Crippen molar-refractivity contribution in [2.45, 2.75) is 25.3 Å². The molecule has 0 spiro atoms. The van der Waals surface area contributed by atoms with E-state index in [1.54, 1.807) is 7.05 Å². The summed E-state index contributed by atoms with van der Waals surface area (Å²) in [7, 11) is 1.59. The molecule has 2 unspecified atom stereocenters. The van der Waals surface area contributed by atoms with Crippen LogP contribution >= 0.6 is 0 Å². The molecule has 0 heterocycles. The second kappa shape index (κ2) is 5.41. The molecule has 80 valence electrons. The summed E-state index contributed by atoms with van der Waals surface area (Å²) in [4.78, 5) is 0. The van der Waals surface area contributed by atoms with Crippen molar-refractivity contribution in [2.75, 3.05) is 20.2 Å². The Kier molecular flexibility index (Phi) is 5.27. The SMILES string of the molecule is CNCC(O)COC(C)C(F)(F)F. The first-order valence-corrected chi connectivity index (χ1v) is 3.89. The molecule has 13 heavy (non-hydrogen) atoms. The van der Waals surface area contributed by atoms with E-state index in [4.69, 9.17) is 5.11 Å². The third-order valence-corrected chi connectivity index (χ3v) is 1.44. The normalized spacial score (nSPS) is 17.1. The zero-order valence-electron chi connectivity index (χ0n) is 7.56. The van der Waals surface area contributed by atoms with Crippen molar-refractivity contribution in [1.82, 2.24) is 5.32 Å². The Labute approximate surface area is 74.9 Å². The number of nitrogens with one attached hydrogen (secondary N) is 1. The minimum absolute atomic E-state index is 0.213. The number of aliphatic hydroxyl groups excluding tert-OH is 1. The summed E-state index contributed by atoms with van der Waals surface area (Å²) < 4.78 is 40.0. The highest BCUT2D eigenvalue weighted by Crippen LogP contribution is 2.22. The van der Waals surface area contributed by atoms with Crippen LogP contribution in [0.2, 0.25) is 0 Å². The van der Waals surface area contributed by atoms with Crippen LogP contribution in [0.25, 0.3) is 0 Å². The lowest BCUT2D eigenvalue weighted by Crippen LogP contribution is -2.34. The lowest BCUT2D eigenvalue weighted by atomic mass is 10.3. The summed E-state index contributed by atoms with van der Waals surface area (Å²) >= 11 is 0. The van der Waals surface area contributed by atoms with Crippen LogP contribution in [-0.4, -0.2) is 43.7 Å². The van der Waals surface area contributed by atoms with Crippen LogP contribution in [0.5, 0.6) is 0 Å². The third kappa shape index (κ3) is 5.84. The molecule has 2 N–H and O–H groups in total. The second-order valence-corrected chi connectivity index (χ2v) is 2.73. The first kappa shape index (κ1) is 12.7. The predicted molar refractivity (Wildman–Crippen MR) is 41.4 cm³/mol. The quantitative estimate of drug-likeness (QED) is 0.682. The van der Waals surface area contributed by atoms with Gasteiger partial charge in [-0.15, -0.1) is 0 Å². The minimum Gasteiger partial charge on any atom is -0.389 e. The highest BCUT2D eigenvalue weighted by atomic mass is 19.4. The molecule has 0 fully saturated rings. The monoisotopic (exact) mass is 201 g/mol. The molecule has 0 saturated carbocycles. The fraction of sp³-hybridized carbons (Fsp3) is 1.00. The van der Waals surface area contributed by atoms with Crippen molar-refractivity contribution in [2.24, 2.45) is 0 Å². The lowest BCUT2D eigenvalue weighted by molar-refractivity contribution is -0.219. The molecule has 2 atom stereocenters. The molecule has 0 rings (SSSR count). The van der Waals surface area contributed by atoms with Gasteiger partial charge in [-0.3, -0.25) is 0 Å². The number of rotatable bonds is 5. The van der Waals surface area contributed by atoms with Crippen molar-refractivity contribution in [3.05, 3.63) is 0 Å². The topological polar surface area (TPSA) is 41.5 Å². The van der Waals surface area contributed by atoms with Gasteiger partial charge in [0.25, 0.3) is 0 Å². The average Bonchev–Trinajstić information content (AvgIpc) is 1.99. The van der Waals surface area contributed by atoms with Crippen molar-refractivity contribution >= 4 is 0 Å². The molecule has 0 amide bonds. The summed E-state index contributed by atoms with van der Waals surface area (Å²) in [6.07, 6.45) is -7.10. The molecule has 0 aliphatic heterocycles. The summed E-state index contributed by atoms with van der Waals surface area (Å²) in [6, 6.07) is 0. The average molecular weight is 201 g/mol. The Morgan fingerprint density at radius 3 is 2.38 bits per heavy atom. The lowest BCUT2D eigenvalue weighted by Gasteiger charge is -2.18. The van der Waals surface area contributed by atoms with Crippen LogP contribution in [0, 0.1) is 0 Å². The van der Waals surface area contributed by atoms with E-state index < -0.39 is 18.4 Å². The Morgan fingerprint density at radius 1 is 1.46 bits per heavy atom. The number of aliphatic hydroxyl groups is 1. The van der Waals surface area contributed by atoms with Gasteiger partial charge in [0.15, 0.2) is 6.10 Å². The highest BCUT2D eigenvalue weighted by Gasteiger charge is 2.37. The van der Waals surface area contributed by atoms with Gasteiger partial charge in [-0.05, 0) is 14.0 Å². The minimum atomic E-state index is -4.36. The van der Waals surface area contributed by atoms with Crippen LogP contribution in [0.1, 0.15) is 6.92 Å². The number of alkyl halides is 3. The van der Waals surface area contributed by atoms with Crippen molar-refractivity contribution in [3.8, 4) is 0 Å². The third-order valence-electron chi connectivity index (χ3n) is 1.44. The molecular formula is C7H14F3NO2. The molecule has 0 radical (unpaired) electrons. The first-order valence-electron chi connectivity index (χ1n) is 3.89. The van der Waals surface area contributed by atoms with Gasteiger partial charge >= 0.3 is 6.18 Å². The number of hydrogen-bond donors (Lipinski definition) is 2. The maximum atomic E-state index is 11.9. The molecule has 0 aliphatic rings. The van der Waals surface area contributed by atoms with Crippen LogP contribution in [0.4, 0.5) is 13.2 Å². The smallest absolute Gasteiger partial charge is 0.389 e. The van der Waals surface area contributed by atoms with Crippen LogP contribution in [0.15, 0.2) is 0 Å². The number of hydrogen-bond acceptors (Lipinski definition) is 3. The van der Waals surface area contributed by atoms with E-state index in [9.17, 15) is 13.2 Å². The van der Waals surface area contributed by atoms with Crippen LogP contribution in [-0.2, 0) is 4.74 Å². The Bertz CT molecular complexity index is 140. The van der Waals surface area contributed by atoms with Gasteiger partial charge in [0.2, 0.25) is 0 Å². The predicted octanol–water partition coefficient (Wildman–Crippen LogP) is 0.534. The molecule has 6 heteroatoms. The zero-order chi connectivity index (χ0) is 10.5. The van der Waals surface area contributed by atoms with E-state index in [0.717, 1.165) is 6.92 Å². The Morgan fingerprint density at radius 2 is 2.00 bits per heavy atom. The van der Waals surface area contributed by atoms with Crippen LogP contribution in [0.3, 0.4) is 0 Å². The summed E-state index contributed by atoms with van der Waals surface area (Å²) in [5, 5.41) is 11.6. The molecule has 0 aromatic carbocycles. The van der Waals surface area contributed by atoms with Crippen molar-refractivity contribution in [1.29, 1.82) is 0 Å². The fourth-order valence-electron chi connectivity index (χ4n) is 0.644. The van der Waals surface area contributed by atoms with E-state index in [1.807, 2.05) is 0 Å². The Balaban J connectivity index is 3.63. The van der Waals surface area contributed by atoms with E-state index >= 15 is 0 Å². The van der Waals surface area contributed by atoms with Crippen LogP contribution < -0.4 is 5.32 Å². The van der Waals surface area contributed by atoms with Gasteiger partial charge in [0.1, 0.15) is 0 Å². The largest absolute Gasteiger partial charge is 0.414 e. The van der Waals surface area contributed by atoms with Gasteiger partial charge in [-0.25, -0.2) is 0 Å². The number of halogens is 3. The first-order chi connectivity index (χ1) is 5.88. The molecule has 0 saturated heterocycles. The summed E-state index contributed by atoms with van der Waals surface area (Å²) in [5.74, 6) is 0. The zero-order valence-corrected chi connectivity index (χ0v) is 7.56. The standard InChI is InChI=1S/C7H14F3NO2/c1-5(7(8,9)10)13-4-6(12)3-11-2/h5-6,11-12H,3-4H2,1-2H3. The van der Waals surface area contributed by atoms with Gasteiger partial charge in [0, 0.05) is 6.54 Å². The number of ether oxygens (including phenoxy) is 1. The maximum absolute atomic E-state index is 11.9. The van der Waals surface area contributed by atoms with E-state index in [-0.39, 0.29) is 13.2 Å². The molecule has 0 bridgehead atoms.